The molecule has 2 rings (SSSR count). The predicted molar refractivity (Wildman–Crippen MR) is 80.5 cm³/mol. The second kappa shape index (κ2) is 6.91. The van der Waals surface area contributed by atoms with Crippen molar-refractivity contribution >= 4 is 17.5 Å². The Labute approximate surface area is 132 Å². The van der Waals surface area contributed by atoms with Gasteiger partial charge in [-0.25, -0.2) is 8.78 Å². The number of ether oxygens (including phenoxy) is 1. The zero-order valence-corrected chi connectivity index (χ0v) is 12.7. The number of rotatable bonds is 6. The standard InChI is InChI=1S/C15H19F2N3O3/c1-23-12-5-3-2-4-11(12)20-7-10(6-13(20)21)14(22)19-9-15(16,17)8-18/h2-5,10H,6-9,18H2,1H3,(H,19,22). The average Bonchev–Trinajstić information content (AvgIpc) is 2.94. The normalized spacial score (nSPS) is 18.2. The Morgan fingerprint density at radius 1 is 1.48 bits per heavy atom. The van der Waals surface area contributed by atoms with Gasteiger partial charge in [-0.2, -0.15) is 0 Å². The van der Waals surface area contributed by atoms with Gasteiger partial charge in [0.15, 0.2) is 0 Å². The number of nitrogens with one attached hydrogen (secondary N) is 1. The maximum atomic E-state index is 13.1. The van der Waals surface area contributed by atoms with Crippen LogP contribution in [0.1, 0.15) is 6.42 Å². The summed E-state index contributed by atoms with van der Waals surface area (Å²) in [6.07, 6.45) is -0.0297. The van der Waals surface area contributed by atoms with Crippen LogP contribution >= 0.6 is 0 Å². The second-order valence-electron chi connectivity index (χ2n) is 5.36. The summed E-state index contributed by atoms with van der Waals surface area (Å²) in [7, 11) is 1.48. The first-order chi connectivity index (χ1) is 10.9. The lowest BCUT2D eigenvalue weighted by molar-refractivity contribution is -0.127. The largest absolute Gasteiger partial charge is 0.495 e. The van der Waals surface area contributed by atoms with Crippen molar-refractivity contribution < 1.29 is 23.1 Å². The number of nitrogens with zero attached hydrogens (tertiary/aromatic N) is 1. The van der Waals surface area contributed by atoms with Gasteiger partial charge >= 0.3 is 0 Å². The summed E-state index contributed by atoms with van der Waals surface area (Å²) in [6.45, 7) is -1.55. The van der Waals surface area contributed by atoms with Crippen molar-refractivity contribution in [1.82, 2.24) is 5.32 Å². The first kappa shape index (κ1) is 17.1. The van der Waals surface area contributed by atoms with Crippen molar-refractivity contribution in [3.8, 4) is 5.75 Å². The molecule has 0 radical (unpaired) electrons. The molecule has 126 valence electrons. The van der Waals surface area contributed by atoms with Crippen molar-refractivity contribution in [3.05, 3.63) is 24.3 Å². The van der Waals surface area contributed by atoms with E-state index >= 15 is 0 Å². The van der Waals surface area contributed by atoms with Crippen LogP contribution < -0.4 is 20.7 Å². The van der Waals surface area contributed by atoms with Gasteiger partial charge in [0, 0.05) is 13.0 Å². The lowest BCUT2D eigenvalue weighted by Crippen LogP contribution is -2.44. The fourth-order valence-electron chi connectivity index (χ4n) is 2.40. The van der Waals surface area contributed by atoms with E-state index in [0.29, 0.717) is 11.4 Å². The monoisotopic (exact) mass is 327 g/mol. The number of carbonyl (C=O) groups excluding carboxylic acids is 2. The van der Waals surface area contributed by atoms with Crippen LogP contribution in [0.25, 0.3) is 0 Å². The summed E-state index contributed by atoms with van der Waals surface area (Å²) >= 11 is 0. The van der Waals surface area contributed by atoms with E-state index in [9.17, 15) is 18.4 Å². The highest BCUT2D eigenvalue weighted by Gasteiger charge is 2.37. The molecule has 2 amide bonds. The SMILES string of the molecule is COc1ccccc1N1CC(C(=O)NCC(F)(F)CN)CC1=O. The average molecular weight is 327 g/mol. The zero-order chi connectivity index (χ0) is 17.0. The molecule has 6 nitrogen and oxygen atoms in total. The quantitative estimate of drug-likeness (QED) is 0.808. The van der Waals surface area contributed by atoms with Crippen LogP contribution in [0.3, 0.4) is 0 Å². The molecule has 1 heterocycles. The Hall–Kier alpha value is -2.22. The van der Waals surface area contributed by atoms with Gasteiger partial charge in [0.1, 0.15) is 5.75 Å². The molecule has 8 heteroatoms. The molecule has 1 aliphatic rings. The second-order valence-corrected chi connectivity index (χ2v) is 5.36. The summed E-state index contributed by atoms with van der Waals surface area (Å²) in [6, 6.07) is 6.93. The molecule has 0 saturated carbocycles. The highest BCUT2D eigenvalue weighted by molar-refractivity contribution is 6.01. The molecule has 0 bridgehead atoms. The molecule has 1 atom stereocenters. The summed E-state index contributed by atoms with van der Waals surface area (Å²) in [5.41, 5.74) is 5.48. The Bertz CT molecular complexity index is 595. The lowest BCUT2D eigenvalue weighted by atomic mass is 10.1. The van der Waals surface area contributed by atoms with Crippen LogP contribution in [-0.4, -0.2) is 44.5 Å². The topological polar surface area (TPSA) is 84.7 Å². The minimum Gasteiger partial charge on any atom is -0.495 e. The summed E-state index contributed by atoms with van der Waals surface area (Å²) < 4.78 is 31.4. The number of carbonyl (C=O) groups is 2. The summed E-state index contributed by atoms with van der Waals surface area (Å²) in [5.74, 6) is -4.15. The van der Waals surface area contributed by atoms with Gasteiger partial charge in [-0.3, -0.25) is 9.59 Å². The number of para-hydroxylation sites is 2. The molecule has 1 unspecified atom stereocenters. The van der Waals surface area contributed by atoms with Crippen LogP contribution in [0.4, 0.5) is 14.5 Å². The van der Waals surface area contributed by atoms with Crippen molar-refractivity contribution in [2.24, 2.45) is 11.7 Å². The molecule has 0 spiro atoms. The smallest absolute Gasteiger partial charge is 0.277 e. The van der Waals surface area contributed by atoms with Crippen LogP contribution in [0.15, 0.2) is 24.3 Å². The van der Waals surface area contributed by atoms with Crippen molar-refractivity contribution in [3.63, 3.8) is 0 Å². The van der Waals surface area contributed by atoms with E-state index < -0.39 is 30.8 Å². The van der Waals surface area contributed by atoms with Gasteiger partial charge in [-0.1, -0.05) is 12.1 Å². The Morgan fingerprint density at radius 2 is 2.17 bits per heavy atom. The van der Waals surface area contributed by atoms with Crippen molar-refractivity contribution in [2.75, 3.05) is 31.6 Å². The number of alkyl halides is 2. The number of anilines is 1. The third kappa shape index (κ3) is 3.95. The van der Waals surface area contributed by atoms with Gasteiger partial charge in [0.2, 0.25) is 11.8 Å². The van der Waals surface area contributed by atoms with E-state index in [1.54, 1.807) is 24.3 Å². The van der Waals surface area contributed by atoms with Gasteiger partial charge in [0.25, 0.3) is 5.92 Å². The van der Waals surface area contributed by atoms with E-state index in [2.05, 4.69) is 5.32 Å². The minimum absolute atomic E-state index is 0.0297. The molecule has 23 heavy (non-hydrogen) atoms. The fourth-order valence-corrected chi connectivity index (χ4v) is 2.40. The van der Waals surface area contributed by atoms with E-state index in [1.807, 2.05) is 0 Å². The van der Waals surface area contributed by atoms with Crippen LogP contribution in [-0.2, 0) is 9.59 Å². The molecule has 3 N–H and O–H groups in total. The maximum Gasteiger partial charge on any atom is 0.277 e. The van der Waals surface area contributed by atoms with Gasteiger partial charge in [-0.05, 0) is 12.1 Å². The zero-order valence-electron chi connectivity index (χ0n) is 12.7. The number of benzene rings is 1. The molecule has 0 aromatic heterocycles. The third-order valence-corrected chi connectivity index (χ3v) is 3.69. The Balaban J connectivity index is 2.03. The molecule has 0 aliphatic carbocycles. The van der Waals surface area contributed by atoms with Gasteiger partial charge < -0.3 is 20.7 Å². The van der Waals surface area contributed by atoms with Crippen molar-refractivity contribution in [2.45, 2.75) is 12.3 Å². The highest BCUT2D eigenvalue weighted by Crippen LogP contribution is 2.32. The van der Waals surface area contributed by atoms with Crippen LogP contribution in [0, 0.1) is 5.92 Å². The molecule has 1 aromatic carbocycles. The Kier molecular flexibility index (Phi) is 5.15. The Morgan fingerprint density at radius 3 is 2.83 bits per heavy atom. The number of amides is 2. The lowest BCUT2D eigenvalue weighted by Gasteiger charge is -2.20. The minimum atomic E-state index is -3.15. The van der Waals surface area contributed by atoms with Crippen LogP contribution in [0.5, 0.6) is 5.75 Å². The van der Waals surface area contributed by atoms with Gasteiger partial charge in [-0.15, -0.1) is 0 Å². The molecular formula is C15H19F2N3O3. The maximum absolute atomic E-state index is 13.1. The number of hydrogen-bond acceptors (Lipinski definition) is 4. The molecular weight excluding hydrogens is 308 g/mol. The molecule has 1 saturated heterocycles. The number of nitrogens with two attached hydrogens (primary N) is 1. The first-order valence-corrected chi connectivity index (χ1v) is 7.17. The van der Waals surface area contributed by atoms with E-state index in [4.69, 9.17) is 10.5 Å². The number of methoxy groups -OCH3 is 1. The third-order valence-electron chi connectivity index (χ3n) is 3.69. The molecule has 1 fully saturated rings. The van der Waals surface area contributed by atoms with Crippen LogP contribution in [0.2, 0.25) is 0 Å². The van der Waals surface area contributed by atoms with Crippen molar-refractivity contribution in [1.29, 1.82) is 0 Å². The predicted octanol–water partition coefficient (Wildman–Crippen LogP) is 0.758. The number of halogens is 2. The first-order valence-electron chi connectivity index (χ1n) is 7.17. The fraction of sp³-hybridized carbons (Fsp3) is 0.467. The summed E-state index contributed by atoms with van der Waals surface area (Å²) in [5, 5.41) is 2.16. The van der Waals surface area contributed by atoms with E-state index in [-0.39, 0.29) is 18.9 Å². The van der Waals surface area contributed by atoms with Gasteiger partial charge in [0.05, 0.1) is 31.8 Å². The highest BCUT2D eigenvalue weighted by atomic mass is 19.3. The summed E-state index contributed by atoms with van der Waals surface area (Å²) in [4.78, 5) is 25.6. The molecule has 1 aliphatic heterocycles. The molecule has 1 aromatic rings. The van der Waals surface area contributed by atoms with E-state index in [0.717, 1.165) is 0 Å². The van der Waals surface area contributed by atoms with E-state index in [1.165, 1.54) is 12.0 Å². The number of hydrogen-bond donors (Lipinski definition) is 2.